The van der Waals surface area contributed by atoms with Gasteiger partial charge in [0.2, 0.25) is 0 Å². The minimum atomic E-state index is 0.706. The Bertz CT molecular complexity index is 431. The van der Waals surface area contributed by atoms with Gasteiger partial charge in [-0.2, -0.15) is 11.8 Å². The lowest BCUT2D eigenvalue weighted by molar-refractivity contribution is 0.200. The highest BCUT2D eigenvalue weighted by Crippen LogP contribution is 2.24. The molecule has 110 valence electrons. The van der Waals surface area contributed by atoms with E-state index in [0.29, 0.717) is 6.04 Å². The van der Waals surface area contributed by atoms with Crippen LogP contribution >= 0.6 is 23.4 Å². The predicted molar refractivity (Wildman–Crippen MR) is 89.2 cm³/mol. The third-order valence-corrected chi connectivity index (χ3v) is 5.74. The quantitative estimate of drug-likeness (QED) is 0.922. The zero-order valence-corrected chi connectivity index (χ0v) is 13.5. The van der Waals surface area contributed by atoms with Crippen molar-refractivity contribution in [2.24, 2.45) is 0 Å². The number of hydrogen-bond acceptors (Lipinski definition) is 4. The number of nitrogens with one attached hydrogen (secondary N) is 1. The molecule has 0 bridgehead atoms. The van der Waals surface area contributed by atoms with Gasteiger partial charge in [0.1, 0.15) is 0 Å². The van der Waals surface area contributed by atoms with Gasteiger partial charge in [0.15, 0.2) is 0 Å². The molecule has 0 amide bonds. The summed E-state index contributed by atoms with van der Waals surface area (Å²) in [6.45, 7) is 6.84. The molecule has 0 radical (unpaired) electrons. The third-order valence-electron chi connectivity index (χ3n) is 4.41. The van der Waals surface area contributed by atoms with Crippen molar-refractivity contribution < 1.29 is 0 Å². The van der Waals surface area contributed by atoms with Gasteiger partial charge in [0.05, 0.1) is 0 Å². The molecule has 0 spiro atoms. The van der Waals surface area contributed by atoms with E-state index in [0.717, 1.165) is 49.5 Å². The van der Waals surface area contributed by atoms with Crippen LogP contribution in [0.1, 0.15) is 0 Å². The molecule has 2 unspecified atom stereocenters. The average molecular weight is 312 g/mol. The summed E-state index contributed by atoms with van der Waals surface area (Å²) in [5.41, 5.74) is 1.29. The minimum absolute atomic E-state index is 0.706. The second kappa shape index (κ2) is 6.56. The molecule has 3 nitrogen and oxygen atoms in total. The normalized spacial score (nSPS) is 28.0. The van der Waals surface area contributed by atoms with Crippen LogP contribution in [-0.2, 0) is 0 Å². The Morgan fingerprint density at radius 3 is 2.45 bits per heavy atom. The first kappa shape index (κ1) is 14.5. The van der Waals surface area contributed by atoms with Crippen LogP contribution < -0.4 is 10.2 Å². The summed E-state index contributed by atoms with van der Waals surface area (Å²) >= 11 is 7.96. The number of anilines is 1. The fourth-order valence-electron chi connectivity index (χ4n) is 3.21. The molecule has 5 heteroatoms. The van der Waals surface area contributed by atoms with Gasteiger partial charge in [-0.15, -0.1) is 0 Å². The molecule has 1 aromatic rings. The van der Waals surface area contributed by atoms with Crippen LogP contribution in [0, 0.1) is 0 Å². The number of nitrogens with zero attached hydrogens (tertiary/aromatic N) is 2. The van der Waals surface area contributed by atoms with E-state index in [4.69, 9.17) is 11.6 Å². The van der Waals surface area contributed by atoms with Crippen LogP contribution in [0.4, 0.5) is 5.69 Å². The van der Waals surface area contributed by atoms with E-state index in [1.54, 1.807) is 0 Å². The van der Waals surface area contributed by atoms with Crippen molar-refractivity contribution in [3.63, 3.8) is 0 Å². The molecule has 2 heterocycles. The molecule has 2 aliphatic heterocycles. The van der Waals surface area contributed by atoms with E-state index in [-0.39, 0.29) is 0 Å². The van der Waals surface area contributed by atoms with Crippen LogP contribution in [0.25, 0.3) is 0 Å². The molecule has 0 aromatic heterocycles. The largest absolute Gasteiger partial charge is 0.369 e. The Labute approximate surface area is 130 Å². The Morgan fingerprint density at radius 2 is 1.80 bits per heavy atom. The summed E-state index contributed by atoms with van der Waals surface area (Å²) in [6.07, 6.45) is 2.23. The van der Waals surface area contributed by atoms with Gasteiger partial charge in [-0.25, -0.2) is 0 Å². The molecule has 1 aromatic carbocycles. The van der Waals surface area contributed by atoms with Crippen molar-refractivity contribution in [3.8, 4) is 0 Å². The summed E-state index contributed by atoms with van der Waals surface area (Å²) in [5, 5.41) is 5.09. The second-order valence-electron chi connectivity index (χ2n) is 5.50. The monoisotopic (exact) mass is 311 g/mol. The van der Waals surface area contributed by atoms with Crippen molar-refractivity contribution in [1.29, 1.82) is 0 Å². The number of hydrogen-bond donors (Lipinski definition) is 1. The van der Waals surface area contributed by atoms with Gasteiger partial charge in [0, 0.05) is 61.3 Å². The number of thioether (sulfide) groups is 1. The predicted octanol–water partition coefficient (Wildman–Crippen LogP) is 2.17. The van der Waals surface area contributed by atoms with Crippen molar-refractivity contribution in [2.75, 3.05) is 50.4 Å². The second-order valence-corrected chi connectivity index (χ2v) is 7.01. The van der Waals surface area contributed by atoms with Crippen molar-refractivity contribution in [1.82, 2.24) is 10.2 Å². The van der Waals surface area contributed by atoms with Gasteiger partial charge in [0.25, 0.3) is 0 Å². The molecular formula is C15H22ClN3S. The summed E-state index contributed by atoms with van der Waals surface area (Å²) < 4.78 is 0. The SMILES string of the molecule is CSC1CNCC1N1CCN(c2ccc(Cl)cc2)CC1. The summed E-state index contributed by atoms with van der Waals surface area (Å²) in [5.74, 6) is 0. The molecule has 2 atom stereocenters. The van der Waals surface area contributed by atoms with Gasteiger partial charge in [-0.05, 0) is 30.5 Å². The number of piperazine rings is 1. The average Bonchev–Trinajstić information content (AvgIpc) is 2.97. The molecule has 2 aliphatic rings. The molecule has 3 rings (SSSR count). The van der Waals surface area contributed by atoms with Crippen molar-refractivity contribution in [3.05, 3.63) is 29.3 Å². The summed E-state index contributed by atoms with van der Waals surface area (Å²) in [4.78, 5) is 5.12. The fraction of sp³-hybridized carbons (Fsp3) is 0.600. The van der Waals surface area contributed by atoms with Gasteiger partial charge < -0.3 is 10.2 Å². The van der Waals surface area contributed by atoms with E-state index in [1.807, 2.05) is 23.9 Å². The van der Waals surface area contributed by atoms with Crippen molar-refractivity contribution >= 4 is 29.1 Å². The first-order chi connectivity index (χ1) is 9.78. The fourth-order valence-corrected chi connectivity index (χ4v) is 4.20. The maximum Gasteiger partial charge on any atom is 0.0407 e. The topological polar surface area (TPSA) is 18.5 Å². The summed E-state index contributed by atoms with van der Waals surface area (Å²) in [7, 11) is 0. The van der Waals surface area contributed by atoms with Gasteiger partial charge in [-0.1, -0.05) is 11.6 Å². The molecule has 2 saturated heterocycles. The zero-order chi connectivity index (χ0) is 13.9. The van der Waals surface area contributed by atoms with E-state index in [2.05, 4.69) is 33.5 Å². The first-order valence-electron chi connectivity index (χ1n) is 7.26. The van der Waals surface area contributed by atoms with Crippen molar-refractivity contribution in [2.45, 2.75) is 11.3 Å². The van der Waals surface area contributed by atoms with Gasteiger partial charge in [-0.3, -0.25) is 4.90 Å². The summed E-state index contributed by atoms with van der Waals surface area (Å²) in [6, 6.07) is 8.92. The standard InChI is InChI=1S/C15H22ClN3S/c1-20-15-11-17-10-14(15)19-8-6-18(7-9-19)13-4-2-12(16)3-5-13/h2-5,14-15,17H,6-11H2,1H3. The van der Waals surface area contributed by atoms with Gasteiger partial charge >= 0.3 is 0 Å². The van der Waals surface area contributed by atoms with Crippen LogP contribution in [0.15, 0.2) is 24.3 Å². The molecule has 0 saturated carbocycles. The van der Waals surface area contributed by atoms with Crippen LogP contribution in [0.3, 0.4) is 0 Å². The maximum atomic E-state index is 5.96. The lowest BCUT2D eigenvalue weighted by atomic mass is 10.1. The smallest absolute Gasteiger partial charge is 0.0407 e. The van der Waals surface area contributed by atoms with Crippen LogP contribution in [-0.4, -0.2) is 61.7 Å². The van der Waals surface area contributed by atoms with Crippen LogP contribution in [0.2, 0.25) is 5.02 Å². The van der Waals surface area contributed by atoms with E-state index >= 15 is 0 Å². The number of halogens is 1. The molecule has 20 heavy (non-hydrogen) atoms. The van der Waals surface area contributed by atoms with E-state index in [9.17, 15) is 0 Å². The van der Waals surface area contributed by atoms with Crippen LogP contribution in [0.5, 0.6) is 0 Å². The highest BCUT2D eigenvalue weighted by Gasteiger charge is 2.33. The minimum Gasteiger partial charge on any atom is -0.369 e. The zero-order valence-electron chi connectivity index (χ0n) is 11.9. The molecule has 2 fully saturated rings. The molecule has 1 N–H and O–H groups in total. The Balaban J connectivity index is 1.58. The number of rotatable bonds is 3. The highest BCUT2D eigenvalue weighted by molar-refractivity contribution is 7.99. The van der Waals surface area contributed by atoms with E-state index in [1.165, 1.54) is 5.69 Å². The Hall–Kier alpha value is -0.420. The first-order valence-corrected chi connectivity index (χ1v) is 8.92. The number of benzene rings is 1. The third kappa shape index (κ3) is 3.08. The maximum absolute atomic E-state index is 5.96. The Morgan fingerprint density at radius 1 is 1.10 bits per heavy atom. The lowest BCUT2D eigenvalue weighted by Gasteiger charge is -2.40. The molecular weight excluding hydrogens is 290 g/mol. The highest BCUT2D eigenvalue weighted by atomic mass is 35.5. The molecule has 0 aliphatic carbocycles. The van der Waals surface area contributed by atoms with E-state index < -0.39 is 0 Å². The Kier molecular flexibility index (Phi) is 4.76. The lowest BCUT2D eigenvalue weighted by Crippen LogP contribution is -2.53.